The average Bonchev–Trinajstić information content (AvgIpc) is 3.50. The third-order valence-corrected chi connectivity index (χ3v) is 10.4. The Bertz CT molecular complexity index is 1370. The predicted molar refractivity (Wildman–Crippen MR) is 159 cm³/mol. The van der Waals surface area contributed by atoms with Gasteiger partial charge in [0.1, 0.15) is 11.6 Å². The third kappa shape index (κ3) is 3.76. The van der Waals surface area contributed by atoms with Crippen molar-refractivity contribution in [3.05, 3.63) is 144 Å². The van der Waals surface area contributed by atoms with Gasteiger partial charge < -0.3 is 0 Å². The lowest BCUT2D eigenvalue weighted by Crippen LogP contribution is -2.65. The van der Waals surface area contributed by atoms with E-state index in [0.717, 1.165) is 49.7 Å². The zero-order valence-corrected chi connectivity index (χ0v) is 22.9. The van der Waals surface area contributed by atoms with Crippen molar-refractivity contribution in [2.45, 2.75) is 50.4 Å². The Balaban J connectivity index is 1.33. The molecule has 0 amide bonds. The van der Waals surface area contributed by atoms with Gasteiger partial charge in [0.25, 0.3) is 0 Å². The molecule has 2 nitrogen and oxygen atoms in total. The minimum Gasteiger partial charge on any atom is -0.299 e. The quantitative estimate of drug-likeness (QED) is 0.256. The molecule has 0 heterocycles. The van der Waals surface area contributed by atoms with Crippen LogP contribution < -0.4 is 0 Å². The van der Waals surface area contributed by atoms with Gasteiger partial charge in [-0.15, -0.1) is 0 Å². The Labute approximate surface area is 237 Å². The van der Waals surface area contributed by atoms with Crippen molar-refractivity contribution in [3.63, 3.8) is 0 Å². The molecule has 40 heavy (non-hydrogen) atoms. The molecule has 4 aromatic carbocycles. The van der Waals surface area contributed by atoms with E-state index in [4.69, 9.17) is 0 Å². The number of ketones is 2. The van der Waals surface area contributed by atoms with E-state index >= 15 is 0 Å². The van der Waals surface area contributed by atoms with Crippen molar-refractivity contribution in [1.82, 2.24) is 0 Å². The molecule has 2 heteroatoms. The summed E-state index contributed by atoms with van der Waals surface area (Å²) in [6, 6.07) is 41.9. The first-order valence-electron chi connectivity index (χ1n) is 14.9. The van der Waals surface area contributed by atoms with Gasteiger partial charge in [0, 0.05) is 34.5 Å². The number of Topliss-reactive ketones (excluding diaryl/α,β-unsaturated/α-hetero) is 2. The topological polar surface area (TPSA) is 34.1 Å². The maximum Gasteiger partial charge on any atom is 0.143 e. The van der Waals surface area contributed by atoms with Crippen LogP contribution in [0.5, 0.6) is 0 Å². The molecular formula is C38H36O2. The van der Waals surface area contributed by atoms with Crippen LogP contribution in [0.3, 0.4) is 0 Å². The molecule has 4 aromatic rings. The van der Waals surface area contributed by atoms with E-state index in [0.29, 0.717) is 11.6 Å². The van der Waals surface area contributed by atoms with Crippen LogP contribution in [-0.4, -0.2) is 11.6 Å². The average molecular weight is 525 g/mol. The first kappa shape index (κ1) is 25.2. The lowest BCUT2D eigenvalue weighted by molar-refractivity contribution is -0.166. The molecule has 0 bridgehead atoms. The van der Waals surface area contributed by atoms with Gasteiger partial charge in [-0.25, -0.2) is 0 Å². The minimum absolute atomic E-state index is 0.00575. The molecule has 200 valence electrons. The van der Waals surface area contributed by atoms with E-state index in [2.05, 4.69) is 97.1 Å². The van der Waals surface area contributed by atoms with E-state index in [9.17, 15) is 9.59 Å². The second-order valence-corrected chi connectivity index (χ2v) is 12.3. The molecule has 3 aliphatic carbocycles. The monoisotopic (exact) mass is 524 g/mol. The van der Waals surface area contributed by atoms with Gasteiger partial charge in [0.15, 0.2) is 0 Å². The van der Waals surface area contributed by atoms with Gasteiger partial charge in [0.2, 0.25) is 0 Å². The largest absolute Gasteiger partial charge is 0.299 e. The molecule has 0 unspecified atom stereocenters. The van der Waals surface area contributed by atoms with Gasteiger partial charge in [0.05, 0.1) is 0 Å². The van der Waals surface area contributed by atoms with E-state index in [1.54, 1.807) is 0 Å². The Hall–Kier alpha value is -3.78. The fourth-order valence-electron chi connectivity index (χ4n) is 9.06. The van der Waals surface area contributed by atoms with E-state index in [1.807, 2.05) is 24.3 Å². The molecule has 3 aliphatic rings. The van der Waals surface area contributed by atoms with E-state index in [1.165, 1.54) is 11.1 Å². The SMILES string of the molecule is O=C1[C@H](Cc2ccccc2)CCC12C(c1ccccc1)C1(CC[C@@H](Cc3ccccc3)C1=O)C2c1ccccc1. The van der Waals surface area contributed by atoms with Crippen LogP contribution in [0, 0.1) is 22.7 Å². The van der Waals surface area contributed by atoms with E-state index in [-0.39, 0.29) is 23.7 Å². The second-order valence-electron chi connectivity index (χ2n) is 12.3. The van der Waals surface area contributed by atoms with Crippen LogP contribution in [0.2, 0.25) is 0 Å². The summed E-state index contributed by atoms with van der Waals surface area (Å²) in [5.74, 6) is 0.594. The highest BCUT2D eigenvalue weighted by atomic mass is 16.1. The molecule has 0 aliphatic heterocycles. The van der Waals surface area contributed by atoms with Crippen LogP contribution in [0.1, 0.15) is 59.8 Å². The fraction of sp³-hybridized carbons (Fsp3) is 0.316. The summed E-state index contributed by atoms with van der Waals surface area (Å²) in [4.78, 5) is 29.6. The minimum atomic E-state index is -0.542. The first-order valence-corrected chi connectivity index (χ1v) is 14.9. The maximum atomic E-state index is 14.8. The second kappa shape index (κ2) is 10.0. The number of benzene rings is 4. The molecule has 3 fully saturated rings. The molecule has 0 aromatic heterocycles. The fourth-order valence-corrected chi connectivity index (χ4v) is 9.06. The lowest BCUT2D eigenvalue weighted by atomic mass is 9.34. The summed E-state index contributed by atoms with van der Waals surface area (Å²) in [6.07, 6.45) is 5.03. The number of carbonyl (C=O) groups excluding carboxylic acids is 2. The molecule has 0 N–H and O–H groups in total. The maximum absolute atomic E-state index is 14.8. The zero-order chi connectivity index (χ0) is 27.2. The summed E-state index contributed by atoms with van der Waals surface area (Å²) in [5.41, 5.74) is 3.69. The molecule has 7 rings (SSSR count). The Morgan fingerprint density at radius 1 is 0.475 bits per heavy atom. The first-order chi connectivity index (χ1) is 19.6. The number of rotatable bonds is 6. The smallest absolute Gasteiger partial charge is 0.143 e. The van der Waals surface area contributed by atoms with Crippen LogP contribution in [0.4, 0.5) is 0 Å². The summed E-state index contributed by atoms with van der Waals surface area (Å²) >= 11 is 0. The van der Waals surface area contributed by atoms with Crippen LogP contribution in [-0.2, 0) is 22.4 Å². The van der Waals surface area contributed by atoms with E-state index < -0.39 is 10.8 Å². The van der Waals surface area contributed by atoms with Gasteiger partial charge in [-0.2, -0.15) is 0 Å². The molecule has 2 atom stereocenters. The standard InChI is InChI=1S/C38H36O2/c39-35-31(25-27-13-5-1-6-14-27)21-23-37(35)33(29-17-9-3-10-18-29)38(34(37)30-19-11-4-12-20-30)24-22-32(36(38)40)26-28-15-7-2-8-16-28/h1-20,31-34H,21-26H2/t31-,32-,33?,34?,37?,38?/m0/s1. The van der Waals surface area contributed by atoms with Crippen LogP contribution in [0.25, 0.3) is 0 Å². The number of carbonyl (C=O) groups is 2. The van der Waals surface area contributed by atoms with Crippen LogP contribution in [0.15, 0.2) is 121 Å². The van der Waals surface area contributed by atoms with Crippen LogP contribution >= 0.6 is 0 Å². The Morgan fingerprint density at radius 3 is 1.15 bits per heavy atom. The highest BCUT2D eigenvalue weighted by Gasteiger charge is 2.79. The van der Waals surface area contributed by atoms with Crippen molar-refractivity contribution in [1.29, 1.82) is 0 Å². The molecular weight excluding hydrogens is 488 g/mol. The highest BCUT2D eigenvalue weighted by molar-refractivity contribution is 6.01. The predicted octanol–water partition coefficient (Wildman–Crippen LogP) is 7.98. The summed E-state index contributed by atoms with van der Waals surface area (Å²) in [5, 5.41) is 0. The highest BCUT2D eigenvalue weighted by Crippen LogP contribution is 2.80. The van der Waals surface area contributed by atoms with Gasteiger partial charge in [-0.3, -0.25) is 9.59 Å². The van der Waals surface area contributed by atoms with Crippen molar-refractivity contribution >= 4 is 11.6 Å². The molecule has 3 saturated carbocycles. The van der Waals surface area contributed by atoms with Crippen molar-refractivity contribution in [2.24, 2.45) is 22.7 Å². The summed E-state index contributed by atoms with van der Waals surface area (Å²) in [7, 11) is 0. The molecule has 2 spiro atoms. The molecule has 0 radical (unpaired) electrons. The van der Waals surface area contributed by atoms with Crippen molar-refractivity contribution < 1.29 is 9.59 Å². The zero-order valence-electron chi connectivity index (χ0n) is 22.9. The summed E-state index contributed by atoms with van der Waals surface area (Å²) in [6.45, 7) is 0. The Kier molecular flexibility index (Phi) is 6.30. The Morgan fingerprint density at radius 2 is 0.800 bits per heavy atom. The van der Waals surface area contributed by atoms with Crippen molar-refractivity contribution in [2.75, 3.05) is 0 Å². The third-order valence-electron chi connectivity index (χ3n) is 10.4. The number of hydrogen-bond donors (Lipinski definition) is 0. The van der Waals surface area contributed by atoms with Gasteiger partial charge in [-0.1, -0.05) is 121 Å². The lowest BCUT2D eigenvalue weighted by Gasteiger charge is -2.66. The van der Waals surface area contributed by atoms with Crippen molar-refractivity contribution in [3.8, 4) is 0 Å². The summed E-state index contributed by atoms with van der Waals surface area (Å²) < 4.78 is 0. The molecule has 0 saturated heterocycles. The van der Waals surface area contributed by atoms with Gasteiger partial charge in [-0.05, 0) is 60.8 Å². The number of hydrogen-bond acceptors (Lipinski definition) is 2. The van der Waals surface area contributed by atoms with Gasteiger partial charge >= 0.3 is 0 Å². The normalized spacial score (nSPS) is 31.1.